The average Bonchev–Trinajstić information content (AvgIpc) is 3.15. The van der Waals surface area contributed by atoms with Crippen LogP contribution in [0.1, 0.15) is 41.2 Å². The maximum atomic E-state index is 13.7. The highest BCUT2D eigenvalue weighted by molar-refractivity contribution is 6.21. The number of benzene rings is 1. The molecular formula is C25H29ClN2O6. The summed E-state index contributed by atoms with van der Waals surface area (Å²) in [6.45, 7) is 4.10. The van der Waals surface area contributed by atoms with Crippen LogP contribution in [0.25, 0.3) is 0 Å². The maximum absolute atomic E-state index is 13.7. The standard InChI is InChI=1S/C25H29ClN2O6/c1-32-25(31)16-4-2-15(3-5-16)21-20-22(29)18-14-17(26)6-7-19(18)34-23(20)24(30)28(21)9-8-27-10-12-33-13-11-27/h2-5,17-19,21H,6-14H2,1H3. The summed E-state index contributed by atoms with van der Waals surface area (Å²) in [5, 5.41) is -0.0664. The minimum absolute atomic E-state index is 0.0409. The van der Waals surface area contributed by atoms with E-state index >= 15 is 0 Å². The predicted molar refractivity (Wildman–Crippen MR) is 123 cm³/mol. The number of ketones is 1. The second-order valence-electron chi connectivity index (χ2n) is 9.25. The largest absolute Gasteiger partial charge is 0.483 e. The van der Waals surface area contributed by atoms with Crippen molar-refractivity contribution < 1.29 is 28.6 Å². The van der Waals surface area contributed by atoms with Crippen LogP contribution >= 0.6 is 11.6 Å². The molecule has 1 saturated carbocycles. The van der Waals surface area contributed by atoms with Gasteiger partial charge in [-0.15, -0.1) is 11.6 Å². The lowest BCUT2D eigenvalue weighted by Gasteiger charge is -2.37. The zero-order valence-electron chi connectivity index (χ0n) is 19.2. The first-order valence-corrected chi connectivity index (χ1v) is 12.3. The number of alkyl halides is 1. The molecule has 1 aromatic carbocycles. The van der Waals surface area contributed by atoms with E-state index in [0.717, 1.165) is 25.1 Å². The van der Waals surface area contributed by atoms with Crippen molar-refractivity contribution in [2.45, 2.75) is 36.8 Å². The van der Waals surface area contributed by atoms with Gasteiger partial charge in [-0.2, -0.15) is 0 Å². The summed E-state index contributed by atoms with van der Waals surface area (Å²) in [6, 6.07) is 6.34. The van der Waals surface area contributed by atoms with Crippen LogP contribution in [-0.4, -0.2) is 85.4 Å². The molecule has 2 fully saturated rings. The summed E-state index contributed by atoms with van der Waals surface area (Å²) in [5.41, 5.74) is 1.60. The number of amides is 1. The van der Waals surface area contributed by atoms with Crippen LogP contribution in [0.3, 0.4) is 0 Å². The van der Waals surface area contributed by atoms with E-state index in [0.29, 0.717) is 50.3 Å². The third-order valence-corrected chi connectivity index (χ3v) is 7.68. The fraction of sp³-hybridized carbons (Fsp3) is 0.560. The van der Waals surface area contributed by atoms with Crippen LogP contribution in [0.15, 0.2) is 35.6 Å². The van der Waals surface area contributed by atoms with E-state index in [1.807, 2.05) is 0 Å². The molecule has 0 N–H and O–H groups in total. The van der Waals surface area contributed by atoms with Gasteiger partial charge in [-0.25, -0.2) is 4.79 Å². The van der Waals surface area contributed by atoms with Gasteiger partial charge in [0.05, 0.1) is 43.4 Å². The monoisotopic (exact) mass is 488 g/mol. The molecule has 5 rings (SSSR count). The molecule has 1 saturated heterocycles. The Hall–Kier alpha value is -2.42. The smallest absolute Gasteiger partial charge is 0.337 e. The van der Waals surface area contributed by atoms with Gasteiger partial charge < -0.3 is 19.1 Å². The molecule has 1 aromatic rings. The van der Waals surface area contributed by atoms with E-state index in [1.165, 1.54) is 7.11 Å². The van der Waals surface area contributed by atoms with Crippen LogP contribution in [0.4, 0.5) is 0 Å². The van der Waals surface area contributed by atoms with E-state index in [9.17, 15) is 14.4 Å². The summed E-state index contributed by atoms with van der Waals surface area (Å²) in [4.78, 5) is 43.2. The molecule has 9 heteroatoms. The molecule has 1 amide bonds. The Balaban J connectivity index is 1.47. The number of ether oxygens (including phenoxy) is 3. The lowest BCUT2D eigenvalue weighted by atomic mass is 9.77. The van der Waals surface area contributed by atoms with Crippen LogP contribution < -0.4 is 0 Å². The Morgan fingerprint density at radius 3 is 2.56 bits per heavy atom. The number of hydrogen-bond donors (Lipinski definition) is 0. The number of rotatable bonds is 5. The number of carbonyl (C=O) groups excluding carboxylic acids is 3. The molecule has 3 heterocycles. The first-order valence-electron chi connectivity index (χ1n) is 11.9. The first kappa shape index (κ1) is 23.3. The minimum Gasteiger partial charge on any atom is -0.483 e. The highest BCUT2D eigenvalue weighted by Crippen LogP contribution is 2.47. The number of morpholine rings is 1. The van der Waals surface area contributed by atoms with Crippen molar-refractivity contribution in [1.29, 1.82) is 0 Å². The SMILES string of the molecule is COC(=O)c1ccc(C2C3=C(OC4CCC(Cl)CC4C3=O)C(=O)N2CCN2CCOCC2)cc1. The Kier molecular flexibility index (Phi) is 6.64. The fourth-order valence-corrected chi connectivity index (χ4v) is 5.75. The normalized spacial score (nSPS) is 29.5. The maximum Gasteiger partial charge on any atom is 0.337 e. The highest BCUT2D eigenvalue weighted by atomic mass is 35.5. The third-order valence-electron chi connectivity index (χ3n) is 7.29. The summed E-state index contributed by atoms with van der Waals surface area (Å²) in [5.74, 6) is -0.874. The van der Waals surface area contributed by atoms with Crippen molar-refractivity contribution in [3.63, 3.8) is 0 Å². The van der Waals surface area contributed by atoms with Crippen LogP contribution in [0.2, 0.25) is 0 Å². The van der Waals surface area contributed by atoms with Crippen LogP contribution in [-0.2, 0) is 23.8 Å². The van der Waals surface area contributed by atoms with Gasteiger partial charge in [0.1, 0.15) is 6.10 Å². The summed E-state index contributed by atoms with van der Waals surface area (Å²) >= 11 is 6.39. The Bertz CT molecular complexity index is 1000. The zero-order chi connectivity index (χ0) is 23.8. The number of halogens is 1. The number of carbonyl (C=O) groups is 3. The Morgan fingerprint density at radius 2 is 1.85 bits per heavy atom. The zero-order valence-corrected chi connectivity index (χ0v) is 20.0. The molecule has 4 atom stereocenters. The van der Waals surface area contributed by atoms with Crippen molar-refractivity contribution in [2.75, 3.05) is 46.5 Å². The van der Waals surface area contributed by atoms with E-state index in [1.54, 1.807) is 29.2 Å². The second kappa shape index (κ2) is 9.68. The highest BCUT2D eigenvalue weighted by Gasteiger charge is 2.52. The van der Waals surface area contributed by atoms with Crippen molar-refractivity contribution in [2.24, 2.45) is 5.92 Å². The molecule has 8 nitrogen and oxygen atoms in total. The Morgan fingerprint density at radius 1 is 1.12 bits per heavy atom. The number of hydrogen-bond acceptors (Lipinski definition) is 7. The van der Waals surface area contributed by atoms with E-state index < -0.39 is 12.0 Å². The van der Waals surface area contributed by atoms with Gasteiger partial charge in [0.25, 0.3) is 5.91 Å². The topological polar surface area (TPSA) is 85.4 Å². The average molecular weight is 489 g/mol. The van der Waals surface area contributed by atoms with Crippen molar-refractivity contribution in [3.8, 4) is 0 Å². The van der Waals surface area contributed by atoms with E-state index in [4.69, 9.17) is 25.8 Å². The third kappa shape index (κ3) is 4.23. The number of nitrogens with zero attached hydrogens (tertiary/aromatic N) is 2. The van der Waals surface area contributed by atoms with Gasteiger partial charge in [-0.3, -0.25) is 14.5 Å². The lowest BCUT2D eigenvalue weighted by Crippen LogP contribution is -2.43. The van der Waals surface area contributed by atoms with Crippen molar-refractivity contribution >= 4 is 29.3 Å². The molecule has 4 unspecified atom stereocenters. The molecule has 0 aromatic heterocycles. The first-order chi connectivity index (χ1) is 16.5. The molecular weight excluding hydrogens is 460 g/mol. The predicted octanol–water partition coefficient (Wildman–Crippen LogP) is 2.32. The van der Waals surface area contributed by atoms with Crippen molar-refractivity contribution in [3.05, 3.63) is 46.7 Å². The van der Waals surface area contributed by atoms with Gasteiger partial charge in [0.2, 0.25) is 0 Å². The quantitative estimate of drug-likeness (QED) is 0.464. The molecule has 0 spiro atoms. The molecule has 182 valence electrons. The molecule has 4 aliphatic rings. The summed E-state index contributed by atoms with van der Waals surface area (Å²) in [6.07, 6.45) is 1.69. The Labute approximate surface area is 203 Å². The molecule has 1 aliphatic carbocycles. The van der Waals surface area contributed by atoms with E-state index in [2.05, 4.69) is 4.90 Å². The lowest BCUT2D eigenvalue weighted by molar-refractivity contribution is -0.135. The van der Waals surface area contributed by atoms with Gasteiger partial charge in [-0.05, 0) is 37.0 Å². The molecule has 0 bridgehead atoms. The number of Topliss-reactive ketones (excluding diaryl/α,β-unsaturated/α-hetero) is 1. The van der Waals surface area contributed by atoms with Crippen LogP contribution in [0.5, 0.6) is 0 Å². The molecule has 0 radical (unpaired) electrons. The van der Waals surface area contributed by atoms with Gasteiger partial charge in [0.15, 0.2) is 11.5 Å². The molecule has 34 heavy (non-hydrogen) atoms. The van der Waals surface area contributed by atoms with Crippen LogP contribution in [0, 0.1) is 5.92 Å². The molecule has 3 aliphatic heterocycles. The minimum atomic E-state index is -0.556. The van der Waals surface area contributed by atoms with Crippen molar-refractivity contribution in [1.82, 2.24) is 9.80 Å². The number of methoxy groups -OCH3 is 1. The number of esters is 1. The van der Waals surface area contributed by atoms with Gasteiger partial charge >= 0.3 is 5.97 Å². The summed E-state index contributed by atoms with van der Waals surface area (Å²) in [7, 11) is 1.33. The fourth-order valence-electron chi connectivity index (χ4n) is 5.43. The van der Waals surface area contributed by atoms with E-state index in [-0.39, 0.29) is 34.8 Å². The number of fused-ring (bicyclic) bond motifs is 1. The summed E-state index contributed by atoms with van der Waals surface area (Å²) < 4.78 is 16.4. The van der Waals surface area contributed by atoms with Gasteiger partial charge in [-0.1, -0.05) is 12.1 Å². The van der Waals surface area contributed by atoms with Gasteiger partial charge in [0, 0.05) is 31.6 Å². The second-order valence-corrected chi connectivity index (χ2v) is 9.87.